The first-order chi connectivity index (χ1) is 5.83. The Hall–Kier alpha value is 0.430. The van der Waals surface area contributed by atoms with Crippen LogP contribution in [0.3, 0.4) is 0 Å². The molecule has 0 aromatic rings. The zero-order valence-corrected chi connectivity index (χ0v) is 9.32. The predicted octanol–water partition coefficient (Wildman–Crippen LogP) is 3.84. The van der Waals surface area contributed by atoms with Crippen molar-refractivity contribution >= 4 is 7.92 Å². The minimum atomic E-state index is 0.483. The fourth-order valence-electron chi connectivity index (χ4n) is 2.85. The summed E-state index contributed by atoms with van der Waals surface area (Å²) in [6.45, 7) is 4.85. The zero-order chi connectivity index (χ0) is 8.55. The van der Waals surface area contributed by atoms with Gasteiger partial charge in [-0.1, -0.05) is 26.7 Å². The van der Waals surface area contributed by atoms with E-state index >= 15 is 0 Å². The van der Waals surface area contributed by atoms with Gasteiger partial charge in [0.25, 0.3) is 0 Å². The van der Waals surface area contributed by atoms with Gasteiger partial charge in [0, 0.05) is 0 Å². The Bertz CT molecular complexity index is 153. The molecule has 0 amide bonds. The third kappa shape index (κ3) is 1.43. The summed E-state index contributed by atoms with van der Waals surface area (Å²) < 4.78 is 0. The van der Waals surface area contributed by atoms with Crippen LogP contribution in [-0.4, -0.2) is 17.5 Å². The topological polar surface area (TPSA) is 0 Å². The normalized spacial score (nSPS) is 43.0. The minimum absolute atomic E-state index is 0.483. The molecule has 2 rings (SSSR count). The second-order valence-corrected chi connectivity index (χ2v) is 7.50. The summed E-state index contributed by atoms with van der Waals surface area (Å²) in [6, 6.07) is 0. The van der Waals surface area contributed by atoms with Crippen LogP contribution in [0.1, 0.15) is 46.0 Å². The van der Waals surface area contributed by atoms with Gasteiger partial charge in [-0.2, -0.15) is 0 Å². The van der Waals surface area contributed by atoms with Crippen molar-refractivity contribution in [3.05, 3.63) is 0 Å². The number of fused-ring (bicyclic) bond motifs is 1. The molecule has 0 nitrogen and oxygen atoms in total. The third-order valence-corrected chi connectivity index (χ3v) is 7.82. The van der Waals surface area contributed by atoms with Crippen molar-refractivity contribution in [3.8, 4) is 0 Å². The van der Waals surface area contributed by atoms with E-state index in [1.54, 1.807) is 19.0 Å². The fraction of sp³-hybridized carbons (Fsp3) is 1.00. The molecule has 1 saturated heterocycles. The van der Waals surface area contributed by atoms with Gasteiger partial charge in [0.15, 0.2) is 0 Å². The van der Waals surface area contributed by atoms with E-state index in [1.165, 1.54) is 30.8 Å². The first-order valence-corrected chi connectivity index (χ1v) is 7.25. The molecule has 12 heavy (non-hydrogen) atoms. The monoisotopic (exact) mass is 184 g/mol. The zero-order valence-electron chi connectivity index (χ0n) is 8.42. The summed E-state index contributed by atoms with van der Waals surface area (Å²) in [7, 11) is 0.483. The molecule has 4 atom stereocenters. The van der Waals surface area contributed by atoms with Crippen LogP contribution in [-0.2, 0) is 0 Å². The van der Waals surface area contributed by atoms with Crippen LogP contribution >= 0.6 is 7.92 Å². The molecule has 0 radical (unpaired) electrons. The van der Waals surface area contributed by atoms with Crippen molar-refractivity contribution < 1.29 is 0 Å². The Balaban J connectivity index is 1.88. The predicted molar refractivity (Wildman–Crippen MR) is 57.3 cm³/mol. The maximum atomic E-state index is 2.48. The molecular weight excluding hydrogens is 163 g/mol. The smallest absolute Gasteiger partial charge is 0.0175 e. The van der Waals surface area contributed by atoms with E-state index in [2.05, 4.69) is 13.8 Å². The van der Waals surface area contributed by atoms with Gasteiger partial charge in [-0.25, -0.2) is 0 Å². The lowest BCUT2D eigenvalue weighted by Crippen LogP contribution is -2.39. The molecule has 4 unspecified atom stereocenters. The molecule has 2 fully saturated rings. The van der Waals surface area contributed by atoms with Crippen LogP contribution in [0.15, 0.2) is 0 Å². The molecule has 1 heterocycles. The average Bonchev–Trinajstić information content (AvgIpc) is 2.07. The third-order valence-electron chi connectivity index (χ3n) is 3.90. The molecule has 1 heteroatoms. The largest absolute Gasteiger partial charge is 0.100 e. The van der Waals surface area contributed by atoms with Gasteiger partial charge >= 0.3 is 0 Å². The van der Waals surface area contributed by atoms with E-state index in [0.717, 1.165) is 5.66 Å². The standard InChI is InChI=1S/C11H21P/c1-3-9(2)12-8-10-6-4-5-7-11(10)12/h9-11H,3-8H2,1-2H3. The van der Waals surface area contributed by atoms with Crippen LogP contribution in [0.4, 0.5) is 0 Å². The van der Waals surface area contributed by atoms with E-state index in [4.69, 9.17) is 0 Å². The Morgan fingerprint density at radius 2 is 2.08 bits per heavy atom. The lowest BCUT2D eigenvalue weighted by molar-refractivity contribution is 0.363. The highest BCUT2D eigenvalue weighted by Gasteiger charge is 2.42. The first kappa shape index (κ1) is 9.00. The van der Waals surface area contributed by atoms with E-state index in [-0.39, 0.29) is 0 Å². The van der Waals surface area contributed by atoms with Gasteiger partial charge in [-0.05, 0) is 42.7 Å². The molecule has 0 aromatic carbocycles. The van der Waals surface area contributed by atoms with Crippen molar-refractivity contribution in [2.75, 3.05) is 6.16 Å². The Morgan fingerprint density at radius 3 is 2.75 bits per heavy atom. The Kier molecular flexibility index (Phi) is 2.75. The highest BCUT2D eigenvalue weighted by Crippen LogP contribution is 2.64. The second-order valence-electron chi connectivity index (χ2n) is 4.57. The molecule has 0 bridgehead atoms. The average molecular weight is 184 g/mol. The van der Waals surface area contributed by atoms with Crippen molar-refractivity contribution in [3.63, 3.8) is 0 Å². The highest BCUT2D eigenvalue weighted by molar-refractivity contribution is 7.60. The highest BCUT2D eigenvalue weighted by atomic mass is 31.1. The van der Waals surface area contributed by atoms with Crippen LogP contribution in [0.25, 0.3) is 0 Å². The minimum Gasteiger partial charge on any atom is -0.100 e. The van der Waals surface area contributed by atoms with Crippen LogP contribution in [0, 0.1) is 5.92 Å². The molecule has 2 aliphatic rings. The van der Waals surface area contributed by atoms with E-state index in [0.29, 0.717) is 7.92 Å². The van der Waals surface area contributed by atoms with Gasteiger partial charge in [0.2, 0.25) is 0 Å². The molecule has 0 N–H and O–H groups in total. The van der Waals surface area contributed by atoms with Gasteiger partial charge in [-0.3, -0.25) is 0 Å². The summed E-state index contributed by atoms with van der Waals surface area (Å²) in [5, 5.41) is 0. The summed E-state index contributed by atoms with van der Waals surface area (Å²) in [5.41, 5.74) is 2.28. The molecule has 70 valence electrons. The van der Waals surface area contributed by atoms with Crippen LogP contribution < -0.4 is 0 Å². The summed E-state index contributed by atoms with van der Waals surface area (Å²) in [5.74, 6) is 1.18. The van der Waals surface area contributed by atoms with Crippen molar-refractivity contribution in [2.45, 2.75) is 57.3 Å². The molecule has 1 saturated carbocycles. The Morgan fingerprint density at radius 1 is 1.33 bits per heavy atom. The molecule has 1 aliphatic carbocycles. The van der Waals surface area contributed by atoms with Gasteiger partial charge in [-0.15, -0.1) is 7.92 Å². The summed E-state index contributed by atoms with van der Waals surface area (Å²) >= 11 is 0. The SMILES string of the molecule is CCC(C)P1CC2CCCCC21. The summed E-state index contributed by atoms with van der Waals surface area (Å²) in [6.07, 6.45) is 9.28. The Labute approximate surface area is 77.9 Å². The number of hydrogen-bond donors (Lipinski definition) is 0. The summed E-state index contributed by atoms with van der Waals surface area (Å²) in [4.78, 5) is 0. The lowest BCUT2D eigenvalue weighted by atomic mass is 9.89. The molecule has 0 aromatic heterocycles. The number of hydrogen-bond acceptors (Lipinski definition) is 0. The van der Waals surface area contributed by atoms with E-state index in [1.807, 2.05) is 0 Å². The number of rotatable bonds is 2. The van der Waals surface area contributed by atoms with Crippen molar-refractivity contribution in [1.29, 1.82) is 0 Å². The van der Waals surface area contributed by atoms with Crippen LogP contribution in [0.5, 0.6) is 0 Å². The quantitative estimate of drug-likeness (QED) is 0.572. The molecule has 0 spiro atoms. The van der Waals surface area contributed by atoms with Crippen molar-refractivity contribution in [1.82, 2.24) is 0 Å². The van der Waals surface area contributed by atoms with Gasteiger partial charge < -0.3 is 0 Å². The van der Waals surface area contributed by atoms with E-state index in [9.17, 15) is 0 Å². The van der Waals surface area contributed by atoms with Crippen molar-refractivity contribution in [2.24, 2.45) is 5.92 Å². The maximum Gasteiger partial charge on any atom is -0.0175 e. The van der Waals surface area contributed by atoms with Crippen LogP contribution in [0.2, 0.25) is 0 Å². The van der Waals surface area contributed by atoms with Gasteiger partial charge in [0.1, 0.15) is 0 Å². The van der Waals surface area contributed by atoms with E-state index < -0.39 is 0 Å². The molecular formula is C11H21P. The van der Waals surface area contributed by atoms with Gasteiger partial charge in [0.05, 0.1) is 0 Å². The first-order valence-electron chi connectivity index (χ1n) is 5.58. The lowest BCUT2D eigenvalue weighted by Gasteiger charge is -2.51. The second kappa shape index (κ2) is 3.66. The fourth-order valence-corrected chi connectivity index (χ4v) is 6.50. The molecule has 1 aliphatic heterocycles. The maximum absolute atomic E-state index is 2.48.